The van der Waals surface area contributed by atoms with E-state index in [1.54, 1.807) is 32.8 Å². The summed E-state index contributed by atoms with van der Waals surface area (Å²) in [5.74, 6) is 1.34. The van der Waals surface area contributed by atoms with Crippen molar-refractivity contribution in [2.75, 3.05) is 19.5 Å². The Morgan fingerprint density at radius 1 is 1.32 bits per heavy atom. The van der Waals surface area contributed by atoms with Gasteiger partial charge in [0.1, 0.15) is 0 Å². The first-order valence-corrected chi connectivity index (χ1v) is 11.6. The largest absolute Gasteiger partial charge is 0.493 e. The van der Waals surface area contributed by atoms with Gasteiger partial charge < -0.3 is 14.2 Å². The van der Waals surface area contributed by atoms with Crippen molar-refractivity contribution in [3.8, 4) is 11.5 Å². The Bertz CT molecular complexity index is 909. The maximum Gasteiger partial charge on any atom is 0.338 e. The number of amides is 1. The third kappa shape index (κ3) is 5.06. The van der Waals surface area contributed by atoms with Gasteiger partial charge in [-0.2, -0.15) is 0 Å². The molecule has 0 spiro atoms. The molecule has 1 aromatic carbocycles. The lowest BCUT2D eigenvalue weighted by molar-refractivity contribution is -0.143. The molecule has 0 unspecified atom stereocenters. The molecule has 8 heteroatoms. The van der Waals surface area contributed by atoms with Crippen LogP contribution in [0.4, 0.5) is 0 Å². The molecular formula is C23H30N2O5S. The molecule has 1 atom stereocenters. The zero-order chi connectivity index (χ0) is 22.5. The number of ether oxygens (including phenoxy) is 3. The predicted molar refractivity (Wildman–Crippen MR) is 121 cm³/mol. The number of hydrogen-bond acceptors (Lipinski definition) is 7. The van der Waals surface area contributed by atoms with Crippen LogP contribution in [0.1, 0.15) is 58.6 Å². The first kappa shape index (κ1) is 23.2. The monoisotopic (exact) mass is 446 g/mol. The maximum atomic E-state index is 13.0. The van der Waals surface area contributed by atoms with Crippen LogP contribution in [-0.4, -0.2) is 47.5 Å². The quantitative estimate of drug-likeness (QED) is 0.433. The molecule has 0 aliphatic carbocycles. The van der Waals surface area contributed by atoms with Gasteiger partial charge in [0.2, 0.25) is 5.91 Å². The van der Waals surface area contributed by atoms with E-state index in [9.17, 15) is 9.59 Å². The minimum atomic E-state index is -0.627. The number of unbranched alkanes of at least 4 members (excludes halogenated alkanes) is 1. The van der Waals surface area contributed by atoms with Crippen molar-refractivity contribution in [2.24, 2.45) is 4.99 Å². The summed E-state index contributed by atoms with van der Waals surface area (Å²) >= 11 is 1.52. The molecule has 0 bridgehead atoms. The molecule has 1 amide bonds. The van der Waals surface area contributed by atoms with Crippen molar-refractivity contribution >= 4 is 28.8 Å². The van der Waals surface area contributed by atoms with E-state index >= 15 is 0 Å². The van der Waals surface area contributed by atoms with Crippen LogP contribution in [0.5, 0.6) is 11.5 Å². The molecule has 3 rings (SSSR count). The number of allylic oxidation sites excluding steroid dienone is 1. The number of benzene rings is 1. The van der Waals surface area contributed by atoms with Crippen molar-refractivity contribution in [3.05, 3.63) is 35.0 Å². The summed E-state index contributed by atoms with van der Waals surface area (Å²) < 4.78 is 16.9. The summed E-state index contributed by atoms with van der Waals surface area (Å²) in [5.41, 5.74) is 1.68. The number of carbonyl (C=O) groups is 2. The molecule has 0 N–H and O–H groups in total. The fourth-order valence-electron chi connectivity index (χ4n) is 3.55. The summed E-state index contributed by atoms with van der Waals surface area (Å²) in [7, 11) is 1.58. The van der Waals surface area contributed by atoms with Gasteiger partial charge in [-0.1, -0.05) is 31.2 Å². The van der Waals surface area contributed by atoms with Crippen LogP contribution in [0.25, 0.3) is 0 Å². The van der Waals surface area contributed by atoms with Gasteiger partial charge in [-0.05, 0) is 44.9 Å². The highest BCUT2D eigenvalue weighted by atomic mass is 32.2. The number of hydrogen-bond donors (Lipinski definition) is 0. The number of thioether (sulfide) groups is 1. The number of carbonyl (C=O) groups excluding carboxylic acids is 2. The summed E-state index contributed by atoms with van der Waals surface area (Å²) in [5, 5.41) is 0.613. The molecule has 2 aliphatic rings. The predicted octanol–water partition coefficient (Wildman–Crippen LogP) is 4.48. The van der Waals surface area contributed by atoms with Crippen LogP contribution < -0.4 is 9.47 Å². The van der Waals surface area contributed by atoms with Crippen LogP contribution in [0.3, 0.4) is 0 Å². The lowest BCUT2D eigenvalue weighted by Crippen LogP contribution is -2.46. The van der Waals surface area contributed by atoms with Gasteiger partial charge in [-0.15, -0.1) is 0 Å². The Labute approximate surface area is 187 Å². The molecule has 1 aromatic rings. The second-order valence-corrected chi connectivity index (χ2v) is 8.79. The van der Waals surface area contributed by atoms with Crippen molar-refractivity contribution < 1.29 is 23.8 Å². The Hall–Kier alpha value is -2.48. The number of nitrogens with zero attached hydrogens (tertiary/aromatic N) is 2. The topological polar surface area (TPSA) is 77.4 Å². The van der Waals surface area contributed by atoms with E-state index in [4.69, 9.17) is 14.2 Å². The molecule has 2 aliphatic heterocycles. The first-order chi connectivity index (χ1) is 14.9. The summed E-state index contributed by atoms with van der Waals surface area (Å²) in [6.07, 6.45) is 2.08. The SMILES string of the molecule is CCCCOc1ccc([C@H]2C(C(=O)OC(C)C)=C(C)N=C3SCCC(=O)N32)cc1OC. The van der Waals surface area contributed by atoms with E-state index in [2.05, 4.69) is 11.9 Å². The normalized spacial score (nSPS) is 18.6. The summed E-state index contributed by atoms with van der Waals surface area (Å²) in [4.78, 5) is 32.1. The average molecular weight is 447 g/mol. The smallest absolute Gasteiger partial charge is 0.338 e. The number of aliphatic imine (C=N–C) groups is 1. The van der Waals surface area contributed by atoms with Crippen molar-refractivity contribution in [3.63, 3.8) is 0 Å². The zero-order valence-electron chi connectivity index (χ0n) is 18.8. The lowest BCUT2D eigenvalue weighted by atomic mass is 9.93. The van der Waals surface area contributed by atoms with Crippen LogP contribution >= 0.6 is 11.8 Å². The highest BCUT2D eigenvalue weighted by Gasteiger charge is 2.42. The molecule has 0 saturated carbocycles. The third-order valence-corrected chi connectivity index (χ3v) is 5.98. The number of amidine groups is 1. The fourth-order valence-corrected chi connectivity index (χ4v) is 4.56. The minimum Gasteiger partial charge on any atom is -0.493 e. The first-order valence-electron chi connectivity index (χ1n) is 10.6. The molecule has 31 heavy (non-hydrogen) atoms. The van der Waals surface area contributed by atoms with E-state index in [1.807, 2.05) is 18.2 Å². The standard InChI is InChI=1S/C23H30N2O5S/c1-6-7-11-29-17-9-8-16(13-18(17)28-5)21-20(22(27)30-14(2)3)15(4)24-23-25(21)19(26)10-12-31-23/h8-9,13-14,21H,6-7,10-12H2,1-5H3/t21-/m0/s1. The van der Waals surface area contributed by atoms with E-state index in [0.717, 1.165) is 18.4 Å². The van der Waals surface area contributed by atoms with Crippen molar-refractivity contribution in [1.82, 2.24) is 4.90 Å². The maximum absolute atomic E-state index is 13.0. The molecule has 1 saturated heterocycles. The highest BCUT2D eigenvalue weighted by Crippen LogP contribution is 2.42. The Balaban J connectivity index is 2.06. The molecule has 0 aromatic heterocycles. The van der Waals surface area contributed by atoms with Crippen molar-refractivity contribution in [1.29, 1.82) is 0 Å². The van der Waals surface area contributed by atoms with Crippen LogP contribution in [-0.2, 0) is 14.3 Å². The molecular weight excluding hydrogens is 416 g/mol. The average Bonchev–Trinajstić information content (AvgIpc) is 2.72. The lowest BCUT2D eigenvalue weighted by Gasteiger charge is -2.39. The van der Waals surface area contributed by atoms with Gasteiger partial charge in [-0.25, -0.2) is 9.79 Å². The van der Waals surface area contributed by atoms with Gasteiger partial charge >= 0.3 is 5.97 Å². The second kappa shape index (κ2) is 10.2. The van der Waals surface area contributed by atoms with Gasteiger partial charge in [0, 0.05) is 12.2 Å². The van der Waals surface area contributed by atoms with Crippen LogP contribution in [0.2, 0.25) is 0 Å². The summed E-state index contributed by atoms with van der Waals surface area (Å²) in [6.45, 7) is 8.08. The molecule has 0 radical (unpaired) electrons. The number of esters is 1. The van der Waals surface area contributed by atoms with E-state index in [1.165, 1.54) is 11.8 Å². The minimum absolute atomic E-state index is 0.0629. The molecule has 168 valence electrons. The third-order valence-electron chi connectivity index (χ3n) is 5.03. The molecule has 1 fully saturated rings. The number of rotatable bonds is 8. The second-order valence-electron chi connectivity index (χ2n) is 7.72. The van der Waals surface area contributed by atoms with Gasteiger partial charge in [0.25, 0.3) is 0 Å². The molecule has 7 nitrogen and oxygen atoms in total. The zero-order valence-corrected chi connectivity index (χ0v) is 19.6. The van der Waals surface area contributed by atoms with E-state index in [0.29, 0.717) is 46.7 Å². The van der Waals surface area contributed by atoms with Crippen molar-refractivity contribution in [2.45, 2.75) is 59.1 Å². The van der Waals surface area contributed by atoms with Gasteiger partial charge in [-0.3, -0.25) is 9.69 Å². The van der Waals surface area contributed by atoms with E-state index in [-0.39, 0.29) is 12.0 Å². The number of fused-ring (bicyclic) bond motifs is 1. The highest BCUT2D eigenvalue weighted by molar-refractivity contribution is 8.14. The Morgan fingerprint density at radius 3 is 2.77 bits per heavy atom. The molecule has 2 heterocycles. The van der Waals surface area contributed by atoms with Gasteiger partial charge in [0.05, 0.1) is 37.1 Å². The number of methoxy groups -OCH3 is 1. The fraction of sp³-hybridized carbons (Fsp3) is 0.522. The van der Waals surface area contributed by atoms with Crippen LogP contribution in [0, 0.1) is 0 Å². The Kier molecular flexibility index (Phi) is 7.64. The summed E-state index contributed by atoms with van der Waals surface area (Å²) in [6, 6.07) is 4.91. The van der Waals surface area contributed by atoms with Crippen LogP contribution in [0.15, 0.2) is 34.5 Å². The Morgan fingerprint density at radius 2 is 2.10 bits per heavy atom. The van der Waals surface area contributed by atoms with E-state index < -0.39 is 12.0 Å². The van der Waals surface area contributed by atoms with Gasteiger partial charge in [0.15, 0.2) is 16.7 Å².